The third kappa shape index (κ3) is 4.49. The van der Waals surface area contributed by atoms with E-state index < -0.39 is 9.84 Å². The molecule has 1 aliphatic rings. The van der Waals surface area contributed by atoms with Gasteiger partial charge in [0, 0.05) is 31.7 Å². The van der Waals surface area contributed by atoms with Crippen LogP contribution in [0, 0.1) is 5.92 Å². The summed E-state index contributed by atoms with van der Waals surface area (Å²) in [6, 6.07) is 0. The van der Waals surface area contributed by atoms with Crippen molar-refractivity contribution in [1.82, 2.24) is 4.90 Å². The molecule has 6 heteroatoms. The van der Waals surface area contributed by atoms with Gasteiger partial charge in [-0.25, -0.2) is 8.42 Å². The van der Waals surface area contributed by atoms with Crippen molar-refractivity contribution in [2.75, 3.05) is 31.6 Å². The third-order valence-electron chi connectivity index (χ3n) is 2.90. The van der Waals surface area contributed by atoms with Gasteiger partial charge in [-0.3, -0.25) is 0 Å². The van der Waals surface area contributed by atoms with Crippen molar-refractivity contribution >= 4 is 15.5 Å². The highest BCUT2D eigenvalue weighted by Crippen LogP contribution is 2.13. The number of oxime groups is 1. The Morgan fingerprint density at radius 2 is 2.25 bits per heavy atom. The molecule has 0 aromatic carbocycles. The molecule has 1 heterocycles. The number of hydrogen-bond donors (Lipinski definition) is 1. The van der Waals surface area contributed by atoms with Gasteiger partial charge in [0.15, 0.2) is 0 Å². The number of likely N-dealkylation sites (tertiary alicyclic amines) is 1. The Balaban J connectivity index is 2.31. The zero-order chi connectivity index (χ0) is 12.2. The van der Waals surface area contributed by atoms with Crippen LogP contribution in [-0.4, -0.2) is 55.9 Å². The van der Waals surface area contributed by atoms with Gasteiger partial charge in [-0.2, -0.15) is 0 Å². The summed E-state index contributed by atoms with van der Waals surface area (Å²) in [5, 5.41) is 12.0. The fourth-order valence-electron chi connectivity index (χ4n) is 2.01. The molecule has 0 aliphatic carbocycles. The third-order valence-corrected chi connectivity index (χ3v) is 3.93. The van der Waals surface area contributed by atoms with Crippen molar-refractivity contribution in [2.24, 2.45) is 11.1 Å². The Morgan fingerprint density at radius 1 is 1.56 bits per heavy atom. The molecule has 1 N–H and O–H groups in total. The second-order valence-electron chi connectivity index (χ2n) is 4.53. The molecule has 0 radical (unpaired) electrons. The average Bonchev–Trinajstić information content (AvgIpc) is 2.16. The van der Waals surface area contributed by atoms with Gasteiger partial charge in [0.25, 0.3) is 0 Å². The summed E-state index contributed by atoms with van der Waals surface area (Å²) in [7, 11) is -2.84. The molecule has 94 valence electrons. The van der Waals surface area contributed by atoms with Crippen molar-refractivity contribution in [1.29, 1.82) is 0 Å². The SMILES string of the molecule is CC1CN(CCCS(C)(=O)=O)CCC1=NO. The normalized spacial score (nSPS) is 26.1. The van der Waals surface area contributed by atoms with E-state index in [9.17, 15) is 8.42 Å². The maximum absolute atomic E-state index is 11.0. The molecule has 1 rings (SSSR count). The Labute approximate surface area is 97.0 Å². The molecule has 0 saturated carbocycles. The van der Waals surface area contributed by atoms with Crippen LogP contribution in [0.2, 0.25) is 0 Å². The topological polar surface area (TPSA) is 70.0 Å². The van der Waals surface area contributed by atoms with Gasteiger partial charge < -0.3 is 10.1 Å². The van der Waals surface area contributed by atoms with Crippen molar-refractivity contribution in [3.63, 3.8) is 0 Å². The van der Waals surface area contributed by atoms with Crippen LogP contribution in [0.5, 0.6) is 0 Å². The van der Waals surface area contributed by atoms with Crippen LogP contribution in [0.15, 0.2) is 5.16 Å². The van der Waals surface area contributed by atoms with Gasteiger partial charge in [0.1, 0.15) is 9.84 Å². The predicted molar refractivity (Wildman–Crippen MR) is 63.8 cm³/mol. The van der Waals surface area contributed by atoms with Crippen molar-refractivity contribution < 1.29 is 13.6 Å². The Hall–Kier alpha value is -0.620. The summed E-state index contributed by atoms with van der Waals surface area (Å²) in [6.07, 6.45) is 2.72. The zero-order valence-corrected chi connectivity index (χ0v) is 10.7. The molecule has 1 fully saturated rings. The summed E-state index contributed by atoms with van der Waals surface area (Å²) in [4.78, 5) is 2.23. The highest BCUT2D eigenvalue weighted by molar-refractivity contribution is 7.90. The Morgan fingerprint density at radius 3 is 2.75 bits per heavy atom. The minimum Gasteiger partial charge on any atom is -0.411 e. The molecule has 0 aromatic rings. The summed E-state index contributed by atoms with van der Waals surface area (Å²) >= 11 is 0. The lowest BCUT2D eigenvalue weighted by Crippen LogP contribution is -2.40. The maximum Gasteiger partial charge on any atom is 0.147 e. The van der Waals surface area contributed by atoms with Gasteiger partial charge in [-0.15, -0.1) is 0 Å². The number of piperidine rings is 1. The van der Waals surface area contributed by atoms with Crippen LogP contribution in [-0.2, 0) is 9.84 Å². The predicted octanol–water partition coefficient (Wildman–Crippen LogP) is 0.593. The first-order valence-electron chi connectivity index (χ1n) is 5.53. The standard InChI is InChI=1S/C10H20N2O3S/c1-9-8-12(6-4-10(9)11-13)5-3-7-16(2,14)15/h9,13H,3-8H2,1-2H3. The van der Waals surface area contributed by atoms with E-state index >= 15 is 0 Å². The van der Waals surface area contributed by atoms with Gasteiger partial charge in [0.2, 0.25) is 0 Å². The fourth-order valence-corrected chi connectivity index (χ4v) is 2.66. The highest BCUT2D eigenvalue weighted by Gasteiger charge is 2.22. The molecule has 0 amide bonds. The number of hydrogen-bond acceptors (Lipinski definition) is 5. The van der Waals surface area contributed by atoms with Gasteiger partial charge in [0.05, 0.1) is 11.5 Å². The molecular weight excluding hydrogens is 228 g/mol. The lowest BCUT2D eigenvalue weighted by atomic mass is 9.97. The van der Waals surface area contributed by atoms with Crippen LogP contribution in [0.3, 0.4) is 0 Å². The molecule has 0 aromatic heterocycles. The van der Waals surface area contributed by atoms with Crippen LogP contribution in [0.4, 0.5) is 0 Å². The molecule has 1 saturated heterocycles. The lowest BCUT2D eigenvalue weighted by molar-refractivity contribution is 0.236. The molecule has 1 atom stereocenters. The van der Waals surface area contributed by atoms with Crippen LogP contribution in [0.25, 0.3) is 0 Å². The monoisotopic (exact) mass is 248 g/mol. The van der Waals surface area contributed by atoms with Crippen molar-refractivity contribution in [3.8, 4) is 0 Å². The smallest absolute Gasteiger partial charge is 0.147 e. The van der Waals surface area contributed by atoms with Gasteiger partial charge >= 0.3 is 0 Å². The molecule has 16 heavy (non-hydrogen) atoms. The molecule has 1 aliphatic heterocycles. The minimum atomic E-state index is -2.84. The summed E-state index contributed by atoms with van der Waals surface area (Å²) in [6.45, 7) is 4.53. The summed E-state index contributed by atoms with van der Waals surface area (Å²) in [5.41, 5.74) is 0.847. The number of rotatable bonds is 4. The quantitative estimate of drug-likeness (QED) is 0.584. The first kappa shape index (κ1) is 13.4. The molecular formula is C10H20N2O3S. The van der Waals surface area contributed by atoms with E-state index in [0.717, 1.165) is 31.8 Å². The highest BCUT2D eigenvalue weighted by atomic mass is 32.2. The first-order valence-corrected chi connectivity index (χ1v) is 7.59. The van der Waals surface area contributed by atoms with Gasteiger partial charge in [-0.05, 0) is 13.0 Å². The van der Waals surface area contributed by atoms with E-state index in [4.69, 9.17) is 5.21 Å². The average molecular weight is 248 g/mol. The fraction of sp³-hybridized carbons (Fsp3) is 0.900. The zero-order valence-electron chi connectivity index (χ0n) is 9.89. The van der Waals surface area contributed by atoms with Crippen LogP contribution in [0.1, 0.15) is 19.8 Å². The van der Waals surface area contributed by atoms with Gasteiger partial charge in [-0.1, -0.05) is 12.1 Å². The molecule has 1 unspecified atom stereocenters. The van der Waals surface area contributed by atoms with E-state index in [1.807, 2.05) is 6.92 Å². The van der Waals surface area contributed by atoms with E-state index in [1.165, 1.54) is 6.26 Å². The largest absolute Gasteiger partial charge is 0.411 e. The van der Waals surface area contributed by atoms with Crippen molar-refractivity contribution in [3.05, 3.63) is 0 Å². The second-order valence-corrected chi connectivity index (χ2v) is 6.79. The Kier molecular flexibility index (Phi) is 4.73. The molecule has 5 nitrogen and oxygen atoms in total. The van der Waals surface area contributed by atoms with Crippen LogP contribution >= 0.6 is 0 Å². The Bertz CT molecular complexity index is 351. The second kappa shape index (κ2) is 5.63. The first-order chi connectivity index (χ1) is 7.42. The van der Waals surface area contributed by atoms with E-state index in [1.54, 1.807) is 0 Å². The van der Waals surface area contributed by atoms with Crippen LogP contribution < -0.4 is 0 Å². The minimum absolute atomic E-state index is 0.249. The summed E-state index contributed by atoms with van der Waals surface area (Å²) < 4.78 is 21.9. The number of sulfone groups is 1. The maximum atomic E-state index is 11.0. The van der Waals surface area contributed by atoms with Crippen molar-refractivity contribution in [2.45, 2.75) is 19.8 Å². The molecule has 0 spiro atoms. The van der Waals surface area contributed by atoms with E-state index in [2.05, 4.69) is 10.1 Å². The van der Waals surface area contributed by atoms with E-state index in [-0.39, 0.29) is 11.7 Å². The van der Waals surface area contributed by atoms with E-state index in [0.29, 0.717) is 6.42 Å². The molecule has 0 bridgehead atoms. The summed E-state index contributed by atoms with van der Waals surface area (Å²) in [5.74, 6) is 0.510. The number of nitrogens with zero attached hydrogens (tertiary/aromatic N) is 2. The lowest BCUT2D eigenvalue weighted by Gasteiger charge is -2.31.